The molecular weight excluding hydrogens is 286 g/mol. The zero-order chi connectivity index (χ0) is 15.2. The molecule has 0 heterocycles. The fourth-order valence-corrected chi connectivity index (χ4v) is 2.65. The predicted octanol–water partition coefficient (Wildman–Crippen LogP) is 0.708. The van der Waals surface area contributed by atoms with Crippen molar-refractivity contribution >= 4 is 16.0 Å². The molecule has 1 aromatic carbocycles. The summed E-state index contributed by atoms with van der Waals surface area (Å²) in [6, 6.07) is 3.58. The van der Waals surface area contributed by atoms with Crippen molar-refractivity contribution < 1.29 is 27.8 Å². The topological polar surface area (TPSA) is 102 Å². The molecule has 0 radical (unpaired) electrons. The lowest BCUT2D eigenvalue weighted by Gasteiger charge is -2.11. The van der Waals surface area contributed by atoms with Crippen molar-refractivity contribution in [2.45, 2.75) is 11.8 Å². The summed E-state index contributed by atoms with van der Waals surface area (Å²) in [5.74, 6) is -1.18. The van der Waals surface area contributed by atoms with Crippen molar-refractivity contribution in [3.63, 3.8) is 0 Å². The maximum absolute atomic E-state index is 12.1. The minimum atomic E-state index is -3.77. The van der Waals surface area contributed by atoms with Crippen molar-refractivity contribution in [2.75, 3.05) is 26.9 Å². The van der Waals surface area contributed by atoms with Gasteiger partial charge in [0.1, 0.15) is 10.6 Å². The molecule has 0 aliphatic carbocycles. The second kappa shape index (κ2) is 7.22. The van der Waals surface area contributed by atoms with E-state index >= 15 is 0 Å². The van der Waals surface area contributed by atoms with Crippen LogP contribution in [0.1, 0.15) is 17.3 Å². The van der Waals surface area contributed by atoms with Crippen LogP contribution in [0, 0.1) is 0 Å². The largest absolute Gasteiger partial charge is 0.495 e. The third-order valence-corrected chi connectivity index (χ3v) is 3.94. The van der Waals surface area contributed by atoms with Crippen LogP contribution in [-0.4, -0.2) is 46.4 Å². The maximum atomic E-state index is 12.1. The summed E-state index contributed by atoms with van der Waals surface area (Å²) < 4.78 is 36.4. The molecule has 0 spiro atoms. The van der Waals surface area contributed by atoms with Gasteiger partial charge in [0.25, 0.3) is 0 Å². The van der Waals surface area contributed by atoms with Gasteiger partial charge >= 0.3 is 5.97 Å². The Morgan fingerprint density at radius 3 is 2.65 bits per heavy atom. The van der Waals surface area contributed by atoms with Gasteiger partial charge in [0.05, 0.1) is 19.3 Å². The van der Waals surface area contributed by atoms with Gasteiger partial charge in [0.2, 0.25) is 10.0 Å². The van der Waals surface area contributed by atoms with E-state index in [-0.39, 0.29) is 29.4 Å². The first-order valence-corrected chi connectivity index (χ1v) is 7.39. The number of methoxy groups -OCH3 is 1. The summed E-state index contributed by atoms with van der Waals surface area (Å²) in [7, 11) is -2.50. The van der Waals surface area contributed by atoms with Crippen LogP contribution in [-0.2, 0) is 14.8 Å². The van der Waals surface area contributed by atoms with Crippen molar-refractivity contribution in [3.05, 3.63) is 23.8 Å². The molecule has 8 heteroatoms. The fourth-order valence-electron chi connectivity index (χ4n) is 1.49. The summed E-state index contributed by atoms with van der Waals surface area (Å²) in [4.78, 5) is 10.7. The van der Waals surface area contributed by atoms with Crippen LogP contribution in [0.3, 0.4) is 0 Å². The maximum Gasteiger partial charge on any atom is 0.335 e. The summed E-state index contributed by atoms with van der Waals surface area (Å²) >= 11 is 0. The van der Waals surface area contributed by atoms with Crippen LogP contribution >= 0.6 is 0 Å². The van der Waals surface area contributed by atoms with Crippen LogP contribution in [0.4, 0.5) is 0 Å². The van der Waals surface area contributed by atoms with Crippen LogP contribution in [0.2, 0.25) is 0 Å². The number of aromatic carboxylic acids is 1. The third kappa shape index (κ3) is 4.19. The number of carboxylic acids is 1. The standard InChI is InChI=1S/C12H17NO6S/c1-3-19-7-6-13-20(16,17)11-5-4-9(12(14)15)8-10(11)18-2/h4-5,8,13H,3,6-7H2,1-2H3,(H,14,15). The average Bonchev–Trinajstić information content (AvgIpc) is 2.42. The predicted molar refractivity (Wildman–Crippen MR) is 71.6 cm³/mol. The van der Waals surface area contributed by atoms with E-state index in [1.54, 1.807) is 0 Å². The Hall–Kier alpha value is -1.64. The zero-order valence-corrected chi connectivity index (χ0v) is 12.1. The van der Waals surface area contributed by atoms with Gasteiger partial charge < -0.3 is 14.6 Å². The van der Waals surface area contributed by atoms with Crippen LogP contribution in [0.25, 0.3) is 0 Å². The first-order valence-electron chi connectivity index (χ1n) is 5.91. The summed E-state index contributed by atoms with van der Waals surface area (Å²) in [6.45, 7) is 2.69. The number of sulfonamides is 1. The lowest BCUT2D eigenvalue weighted by atomic mass is 10.2. The van der Waals surface area contributed by atoms with Crippen molar-refractivity contribution in [1.82, 2.24) is 4.72 Å². The van der Waals surface area contributed by atoms with E-state index in [0.29, 0.717) is 6.61 Å². The lowest BCUT2D eigenvalue weighted by Crippen LogP contribution is -2.28. The van der Waals surface area contributed by atoms with Crippen molar-refractivity contribution in [1.29, 1.82) is 0 Å². The highest BCUT2D eigenvalue weighted by atomic mass is 32.2. The minimum absolute atomic E-state index is 0.0196. The molecular formula is C12H17NO6S. The summed E-state index contributed by atoms with van der Waals surface area (Å²) in [6.07, 6.45) is 0. The molecule has 0 bridgehead atoms. The Morgan fingerprint density at radius 1 is 1.40 bits per heavy atom. The van der Waals surface area contributed by atoms with Gasteiger partial charge in [-0.25, -0.2) is 17.9 Å². The molecule has 1 aromatic rings. The SMILES string of the molecule is CCOCCNS(=O)(=O)c1ccc(C(=O)O)cc1OC. The van der Waals surface area contributed by atoms with Crippen LogP contribution in [0.5, 0.6) is 5.75 Å². The van der Waals surface area contributed by atoms with E-state index in [1.807, 2.05) is 6.92 Å². The monoisotopic (exact) mass is 303 g/mol. The molecule has 0 aliphatic rings. The number of benzene rings is 1. The summed E-state index contributed by atoms with van der Waals surface area (Å²) in [5, 5.41) is 8.86. The van der Waals surface area contributed by atoms with Gasteiger partial charge in [-0.1, -0.05) is 0 Å². The highest BCUT2D eigenvalue weighted by Gasteiger charge is 2.20. The fraction of sp³-hybridized carbons (Fsp3) is 0.417. The van der Waals surface area contributed by atoms with Gasteiger partial charge in [-0.3, -0.25) is 0 Å². The van der Waals surface area contributed by atoms with E-state index in [1.165, 1.54) is 25.3 Å². The third-order valence-electron chi connectivity index (χ3n) is 2.44. The van der Waals surface area contributed by atoms with Gasteiger partial charge in [-0.05, 0) is 25.1 Å². The number of ether oxygens (including phenoxy) is 2. The van der Waals surface area contributed by atoms with E-state index in [2.05, 4.69) is 4.72 Å². The normalized spacial score (nSPS) is 11.3. The smallest absolute Gasteiger partial charge is 0.335 e. The molecule has 0 aliphatic heterocycles. The second-order valence-corrected chi connectivity index (χ2v) is 5.50. The Labute approximate surface area is 117 Å². The van der Waals surface area contributed by atoms with E-state index in [0.717, 1.165) is 0 Å². The number of carboxylic acid groups (broad SMARTS) is 1. The lowest BCUT2D eigenvalue weighted by molar-refractivity contribution is 0.0696. The quantitative estimate of drug-likeness (QED) is 0.686. The van der Waals surface area contributed by atoms with E-state index in [9.17, 15) is 13.2 Å². The number of rotatable bonds is 8. The minimum Gasteiger partial charge on any atom is -0.495 e. The molecule has 112 valence electrons. The molecule has 0 amide bonds. The average molecular weight is 303 g/mol. The Kier molecular flexibility index (Phi) is 5.93. The number of hydrogen-bond acceptors (Lipinski definition) is 5. The van der Waals surface area contributed by atoms with Gasteiger partial charge in [0, 0.05) is 13.2 Å². The van der Waals surface area contributed by atoms with Crippen LogP contribution < -0.4 is 9.46 Å². The molecule has 2 N–H and O–H groups in total. The second-order valence-electron chi connectivity index (χ2n) is 3.77. The number of nitrogens with one attached hydrogen (secondary N) is 1. The molecule has 0 unspecified atom stereocenters. The molecule has 1 rings (SSSR count). The van der Waals surface area contributed by atoms with Gasteiger partial charge in [0.15, 0.2) is 0 Å². The Morgan fingerprint density at radius 2 is 2.10 bits per heavy atom. The Balaban J connectivity index is 2.96. The molecule has 0 atom stereocenters. The van der Waals surface area contributed by atoms with E-state index < -0.39 is 16.0 Å². The van der Waals surface area contributed by atoms with Gasteiger partial charge in [-0.15, -0.1) is 0 Å². The first-order chi connectivity index (χ1) is 9.42. The molecule has 0 aromatic heterocycles. The first kappa shape index (κ1) is 16.4. The molecule has 0 saturated carbocycles. The number of carbonyl (C=O) groups is 1. The highest BCUT2D eigenvalue weighted by molar-refractivity contribution is 7.89. The Bertz CT molecular complexity index is 569. The molecule has 0 saturated heterocycles. The van der Waals surface area contributed by atoms with Crippen molar-refractivity contribution in [3.8, 4) is 5.75 Å². The van der Waals surface area contributed by atoms with Gasteiger partial charge in [-0.2, -0.15) is 0 Å². The molecule has 20 heavy (non-hydrogen) atoms. The molecule has 0 fully saturated rings. The highest BCUT2D eigenvalue weighted by Crippen LogP contribution is 2.24. The number of hydrogen-bond donors (Lipinski definition) is 2. The van der Waals surface area contributed by atoms with E-state index in [4.69, 9.17) is 14.6 Å². The van der Waals surface area contributed by atoms with Crippen molar-refractivity contribution in [2.24, 2.45) is 0 Å². The van der Waals surface area contributed by atoms with Crippen LogP contribution in [0.15, 0.2) is 23.1 Å². The summed E-state index contributed by atoms with van der Waals surface area (Å²) in [5.41, 5.74) is -0.0462. The zero-order valence-electron chi connectivity index (χ0n) is 11.3. The molecule has 7 nitrogen and oxygen atoms in total.